The third-order valence-corrected chi connectivity index (χ3v) is 2.16. The quantitative estimate of drug-likeness (QED) is 0.599. The van der Waals surface area contributed by atoms with Crippen molar-refractivity contribution in [1.82, 2.24) is 0 Å². The molecule has 0 N–H and O–H groups in total. The molecule has 1 aliphatic rings. The van der Waals surface area contributed by atoms with Gasteiger partial charge in [0.05, 0.1) is 11.6 Å². The monoisotopic (exact) mass is 172 g/mol. The molecule has 0 atom stereocenters. The number of nitriles is 1. The van der Waals surface area contributed by atoms with Crippen LogP contribution in [0, 0.1) is 11.3 Å². The maximum atomic E-state index is 11.0. The average Bonchev–Trinajstić information content (AvgIpc) is 2.17. The number of carbonyl (C=O) groups excluding carboxylic acids is 1. The van der Waals surface area contributed by atoms with Crippen LogP contribution in [0.5, 0.6) is 0 Å². The molecule has 1 aromatic carbocycles. The van der Waals surface area contributed by atoms with Gasteiger partial charge in [0.15, 0.2) is 0 Å². The third-order valence-electron chi connectivity index (χ3n) is 2.16. The Hall–Kier alpha value is -1.82. The highest BCUT2D eigenvalue weighted by Gasteiger charge is 2.24. The van der Waals surface area contributed by atoms with Crippen LogP contribution in [-0.4, -0.2) is 12.5 Å². The standard InChI is InChI=1S/C10H8N2O/c11-7-8-1-3-9(4-2-8)12-6-5-10(12)13/h1-4H,5-6H2. The molecule has 1 aliphatic heterocycles. The number of hydrogen-bond acceptors (Lipinski definition) is 2. The van der Waals surface area contributed by atoms with E-state index < -0.39 is 0 Å². The molecular formula is C10H8N2O. The molecule has 0 unspecified atom stereocenters. The summed E-state index contributed by atoms with van der Waals surface area (Å²) in [6.07, 6.45) is 0.639. The molecule has 0 aromatic heterocycles. The van der Waals surface area contributed by atoms with Crippen molar-refractivity contribution >= 4 is 11.6 Å². The van der Waals surface area contributed by atoms with Crippen LogP contribution in [0.4, 0.5) is 5.69 Å². The average molecular weight is 172 g/mol. The smallest absolute Gasteiger partial charge is 0.228 e. The minimum absolute atomic E-state index is 0.157. The number of rotatable bonds is 1. The molecule has 1 aromatic rings. The number of hydrogen-bond donors (Lipinski definition) is 0. The van der Waals surface area contributed by atoms with Crippen molar-refractivity contribution in [2.45, 2.75) is 6.42 Å². The van der Waals surface area contributed by atoms with Crippen LogP contribution in [0.2, 0.25) is 0 Å². The van der Waals surface area contributed by atoms with Gasteiger partial charge in [-0.1, -0.05) is 0 Å². The second-order valence-electron chi connectivity index (χ2n) is 2.95. The topological polar surface area (TPSA) is 44.1 Å². The molecule has 0 spiro atoms. The highest BCUT2D eigenvalue weighted by molar-refractivity contribution is 5.99. The van der Waals surface area contributed by atoms with Crippen LogP contribution in [0.15, 0.2) is 24.3 Å². The summed E-state index contributed by atoms with van der Waals surface area (Å²) in [6.45, 7) is 0.796. The Morgan fingerprint density at radius 1 is 1.31 bits per heavy atom. The number of benzene rings is 1. The Labute approximate surface area is 76.2 Å². The van der Waals surface area contributed by atoms with Crippen LogP contribution in [0.25, 0.3) is 0 Å². The lowest BCUT2D eigenvalue weighted by Crippen LogP contribution is -2.43. The van der Waals surface area contributed by atoms with Gasteiger partial charge >= 0.3 is 0 Å². The van der Waals surface area contributed by atoms with Crippen LogP contribution in [-0.2, 0) is 4.79 Å². The second-order valence-corrected chi connectivity index (χ2v) is 2.95. The van der Waals surface area contributed by atoms with Crippen LogP contribution in [0.1, 0.15) is 12.0 Å². The molecule has 1 heterocycles. The first-order valence-electron chi connectivity index (χ1n) is 4.12. The van der Waals surface area contributed by atoms with E-state index in [2.05, 4.69) is 0 Å². The van der Waals surface area contributed by atoms with Gasteiger partial charge in [0.25, 0.3) is 0 Å². The SMILES string of the molecule is N#Cc1ccc(N2CCC2=O)cc1. The van der Waals surface area contributed by atoms with Gasteiger partial charge in [0.1, 0.15) is 0 Å². The van der Waals surface area contributed by atoms with Gasteiger partial charge in [-0.3, -0.25) is 4.79 Å². The fourth-order valence-electron chi connectivity index (χ4n) is 1.30. The molecule has 3 nitrogen and oxygen atoms in total. The van der Waals surface area contributed by atoms with E-state index in [0.29, 0.717) is 12.0 Å². The van der Waals surface area contributed by atoms with Crippen LogP contribution >= 0.6 is 0 Å². The van der Waals surface area contributed by atoms with Crippen molar-refractivity contribution in [1.29, 1.82) is 5.26 Å². The summed E-state index contributed by atoms with van der Waals surface area (Å²) in [6, 6.07) is 9.09. The molecule has 1 saturated heterocycles. The number of anilines is 1. The first kappa shape index (κ1) is 7.81. The van der Waals surface area contributed by atoms with E-state index in [9.17, 15) is 4.79 Å². The fourth-order valence-corrected chi connectivity index (χ4v) is 1.30. The van der Waals surface area contributed by atoms with Crippen molar-refractivity contribution in [2.24, 2.45) is 0 Å². The molecule has 0 saturated carbocycles. The van der Waals surface area contributed by atoms with E-state index in [4.69, 9.17) is 5.26 Å². The van der Waals surface area contributed by atoms with E-state index >= 15 is 0 Å². The predicted molar refractivity (Wildman–Crippen MR) is 48.1 cm³/mol. The second kappa shape index (κ2) is 2.91. The molecular weight excluding hydrogens is 164 g/mol. The van der Waals surface area contributed by atoms with Crippen molar-refractivity contribution in [3.63, 3.8) is 0 Å². The lowest BCUT2D eigenvalue weighted by molar-refractivity contribution is -0.122. The van der Waals surface area contributed by atoms with Crippen molar-refractivity contribution in [3.8, 4) is 6.07 Å². The van der Waals surface area contributed by atoms with Crippen molar-refractivity contribution in [2.75, 3.05) is 11.4 Å². The van der Waals surface area contributed by atoms with Crippen LogP contribution < -0.4 is 4.90 Å². The van der Waals surface area contributed by atoms with Crippen molar-refractivity contribution < 1.29 is 4.79 Å². The normalized spacial score (nSPS) is 15.0. The zero-order valence-corrected chi connectivity index (χ0v) is 7.03. The maximum Gasteiger partial charge on any atom is 0.228 e. The van der Waals surface area contributed by atoms with Gasteiger partial charge in [-0.05, 0) is 24.3 Å². The predicted octanol–water partition coefficient (Wildman–Crippen LogP) is 1.29. The van der Waals surface area contributed by atoms with Gasteiger partial charge in [0.2, 0.25) is 5.91 Å². The van der Waals surface area contributed by atoms with E-state index in [1.165, 1.54) is 0 Å². The lowest BCUT2D eigenvalue weighted by atomic mass is 10.1. The zero-order valence-electron chi connectivity index (χ0n) is 7.03. The zero-order chi connectivity index (χ0) is 9.26. The van der Waals surface area contributed by atoms with Gasteiger partial charge in [0, 0.05) is 18.7 Å². The molecule has 0 bridgehead atoms. The molecule has 0 radical (unpaired) electrons. The number of nitrogens with zero attached hydrogens (tertiary/aromatic N) is 2. The Morgan fingerprint density at radius 2 is 2.00 bits per heavy atom. The van der Waals surface area contributed by atoms with E-state index in [-0.39, 0.29) is 5.91 Å². The minimum atomic E-state index is 0.157. The summed E-state index contributed by atoms with van der Waals surface area (Å²) in [4.78, 5) is 12.8. The number of amides is 1. The molecule has 1 amide bonds. The number of β-lactam (4-membered cyclic amide) rings is 1. The summed E-state index contributed by atoms with van der Waals surface area (Å²) in [5.41, 5.74) is 1.51. The highest BCUT2D eigenvalue weighted by Crippen LogP contribution is 2.21. The Balaban J connectivity index is 2.24. The molecule has 13 heavy (non-hydrogen) atoms. The summed E-state index contributed by atoms with van der Waals surface area (Å²) in [7, 11) is 0. The molecule has 3 heteroatoms. The molecule has 64 valence electrons. The van der Waals surface area contributed by atoms with E-state index in [1.807, 2.05) is 6.07 Å². The minimum Gasteiger partial charge on any atom is -0.312 e. The van der Waals surface area contributed by atoms with Crippen LogP contribution in [0.3, 0.4) is 0 Å². The van der Waals surface area contributed by atoms with Gasteiger partial charge < -0.3 is 4.90 Å². The number of carbonyl (C=O) groups is 1. The summed E-state index contributed by atoms with van der Waals surface area (Å²) >= 11 is 0. The first-order valence-corrected chi connectivity index (χ1v) is 4.12. The molecule has 1 fully saturated rings. The lowest BCUT2D eigenvalue weighted by Gasteiger charge is -2.30. The Bertz CT molecular complexity index is 375. The Morgan fingerprint density at radius 3 is 2.38 bits per heavy atom. The van der Waals surface area contributed by atoms with E-state index in [0.717, 1.165) is 12.2 Å². The van der Waals surface area contributed by atoms with Crippen molar-refractivity contribution in [3.05, 3.63) is 29.8 Å². The summed E-state index contributed by atoms with van der Waals surface area (Å²) < 4.78 is 0. The maximum absolute atomic E-state index is 11.0. The first-order chi connectivity index (χ1) is 6.31. The summed E-state index contributed by atoms with van der Waals surface area (Å²) in [5, 5.41) is 8.56. The largest absolute Gasteiger partial charge is 0.312 e. The summed E-state index contributed by atoms with van der Waals surface area (Å²) in [5.74, 6) is 0.157. The van der Waals surface area contributed by atoms with E-state index in [1.54, 1.807) is 29.2 Å². The highest BCUT2D eigenvalue weighted by atomic mass is 16.2. The van der Waals surface area contributed by atoms with Gasteiger partial charge in [-0.2, -0.15) is 5.26 Å². The molecule has 0 aliphatic carbocycles. The van der Waals surface area contributed by atoms with Gasteiger partial charge in [-0.15, -0.1) is 0 Å². The molecule has 2 rings (SSSR count). The third kappa shape index (κ3) is 1.27. The Kier molecular flexibility index (Phi) is 1.75. The van der Waals surface area contributed by atoms with Gasteiger partial charge in [-0.25, -0.2) is 0 Å². The fraction of sp³-hybridized carbons (Fsp3) is 0.200.